The van der Waals surface area contributed by atoms with Crippen LogP contribution in [0.1, 0.15) is 11.1 Å². The molecule has 0 aliphatic heterocycles. The standard InChI is InChI=1S/C14H12BrFN2O2/c1-9-2-3-10(6-13(9)16)8-17-11-4-5-12(15)14(7-11)18(19)20/h2-7,17H,8H2,1H3. The van der Waals surface area contributed by atoms with Gasteiger partial charge in [-0.05, 0) is 52.2 Å². The predicted octanol–water partition coefficient (Wildman–Crippen LogP) is 4.42. The second kappa shape index (κ2) is 6.00. The molecule has 0 aliphatic rings. The van der Waals surface area contributed by atoms with Crippen molar-refractivity contribution in [2.45, 2.75) is 13.5 Å². The zero-order valence-electron chi connectivity index (χ0n) is 10.7. The number of nitrogens with zero attached hydrogens (tertiary/aromatic N) is 1. The summed E-state index contributed by atoms with van der Waals surface area (Å²) in [5.41, 5.74) is 1.97. The minimum Gasteiger partial charge on any atom is -0.381 e. The summed E-state index contributed by atoms with van der Waals surface area (Å²) in [4.78, 5) is 10.4. The monoisotopic (exact) mass is 338 g/mol. The third-order valence-corrected chi connectivity index (χ3v) is 3.55. The van der Waals surface area contributed by atoms with Crippen molar-refractivity contribution < 1.29 is 9.31 Å². The van der Waals surface area contributed by atoms with Gasteiger partial charge in [0.1, 0.15) is 5.82 Å². The van der Waals surface area contributed by atoms with E-state index in [1.54, 1.807) is 25.1 Å². The zero-order chi connectivity index (χ0) is 14.7. The number of nitro groups is 1. The van der Waals surface area contributed by atoms with E-state index in [0.29, 0.717) is 22.3 Å². The Morgan fingerprint density at radius 2 is 2.05 bits per heavy atom. The maximum absolute atomic E-state index is 13.4. The molecule has 0 saturated carbocycles. The first-order valence-electron chi connectivity index (χ1n) is 5.90. The molecule has 0 aromatic heterocycles. The molecule has 0 heterocycles. The summed E-state index contributed by atoms with van der Waals surface area (Å²) >= 11 is 3.13. The zero-order valence-corrected chi connectivity index (χ0v) is 12.3. The van der Waals surface area contributed by atoms with Gasteiger partial charge in [0.15, 0.2) is 0 Å². The van der Waals surface area contributed by atoms with Crippen LogP contribution in [0.15, 0.2) is 40.9 Å². The van der Waals surface area contributed by atoms with Crippen molar-refractivity contribution in [2.24, 2.45) is 0 Å². The van der Waals surface area contributed by atoms with E-state index in [9.17, 15) is 14.5 Å². The average molecular weight is 339 g/mol. The smallest absolute Gasteiger partial charge is 0.285 e. The summed E-state index contributed by atoms with van der Waals surface area (Å²) in [6.07, 6.45) is 0. The predicted molar refractivity (Wildman–Crippen MR) is 79.3 cm³/mol. The van der Waals surface area contributed by atoms with Gasteiger partial charge in [0.25, 0.3) is 5.69 Å². The van der Waals surface area contributed by atoms with E-state index in [-0.39, 0.29) is 11.5 Å². The quantitative estimate of drug-likeness (QED) is 0.663. The lowest BCUT2D eigenvalue weighted by atomic mass is 10.1. The fraction of sp³-hybridized carbons (Fsp3) is 0.143. The van der Waals surface area contributed by atoms with E-state index in [1.807, 2.05) is 6.07 Å². The van der Waals surface area contributed by atoms with Crippen molar-refractivity contribution in [1.29, 1.82) is 0 Å². The Kier molecular flexibility index (Phi) is 4.34. The van der Waals surface area contributed by atoms with Crippen LogP contribution in [0.25, 0.3) is 0 Å². The SMILES string of the molecule is Cc1ccc(CNc2ccc(Br)c([N+](=O)[O-])c2)cc1F. The third kappa shape index (κ3) is 3.33. The van der Waals surface area contributed by atoms with Gasteiger partial charge in [0, 0.05) is 18.3 Å². The van der Waals surface area contributed by atoms with E-state index in [1.165, 1.54) is 12.1 Å². The molecule has 0 aliphatic carbocycles. The van der Waals surface area contributed by atoms with Gasteiger partial charge in [-0.1, -0.05) is 12.1 Å². The first-order valence-corrected chi connectivity index (χ1v) is 6.69. The van der Waals surface area contributed by atoms with Crippen molar-refractivity contribution in [3.8, 4) is 0 Å². The largest absolute Gasteiger partial charge is 0.381 e. The van der Waals surface area contributed by atoms with Gasteiger partial charge in [-0.2, -0.15) is 0 Å². The first kappa shape index (κ1) is 14.5. The molecule has 1 N–H and O–H groups in total. The molecule has 2 aromatic rings. The normalized spacial score (nSPS) is 10.3. The van der Waals surface area contributed by atoms with Crippen molar-refractivity contribution in [2.75, 3.05) is 5.32 Å². The number of aryl methyl sites for hydroxylation is 1. The Labute approximate surface area is 123 Å². The number of halogens is 2. The Hall–Kier alpha value is -1.95. The van der Waals surface area contributed by atoms with Gasteiger partial charge in [0.2, 0.25) is 0 Å². The van der Waals surface area contributed by atoms with Gasteiger partial charge < -0.3 is 5.32 Å². The second-order valence-electron chi connectivity index (χ2n) is 4.36. The number of hydrogen-bond donors (Lipinski definition) is 1. The Morgan fingerprint density at radius 3 is 2.70 bits per heavy atom. The Bertz CT molecular complexity index is 662. The highest BCUT2D eigenvalue weighted by Crippen LogP contribution is 2.28. The minimum absolute atomic E-state index is 0.00918. The van der Waals surface area contributed by atoms with Crippen molar-refractivity contribution in [1.82, 2.24) is 0 Å². The Morgan fingerprint density at radius 1 is 1.30 bits per heavy atom. The van der Waals surface area contributed by atoms with Crippen LogP contribution in [-0.2, 0) is 6.54 Å². The number of nitrogens with one attached hydrogen (secondary N) is 1. The molecule has 4 nitrogen and oxygen atoms in total. The molecular weight excluding hydrogens is 327 g/mol. The summed E-state index contributed by atoms with van der Waals surface area (Å²) < 4.78 is 13.8. The molecule has 20 heavy (non-hydrogen) atoms. The molecule has 0 amide bonds. The van der Waals surface area contributed by atoms with E-state index in [4.69, 9.17) is 0 Å². The van der Waals surface area contributed by atoms with Gasteiger partial charge in [-0.3, -0.25) is 10.1 Å². The van der Waals surface area contributed by atoms with Crippen LogP contribution in [0.3, 0.4) is 0 Å². The highest BCUT2D eigenvalue weighted by atomic mass is 79.9. The highest BCUT2D eigenvalue weighted by Gasteiger charge is 2.12. The lowest BCUT2D eigenvalue weighted by Gasteiger charge is -2.08. The number of hydrogen-bond acceptors (Lipinski definition) is 3. The minimum atomic E-state index is -0.458. The fourth-order valence-electron chi connectivity index (χ4n) is 1.71. The average Bonchev–Trinajstić information content (AvgIpc) is 2.41. The summed E-state index contributed by atoms with van der Waals surface area (Å²) in [6, 6.07) is 9.75. The molecule has 0 atom stereocenters. The van der Waals surface area contributed by atoms with Gasteiger partial charge in [-0.15, -0.1) is 0 Å². The van der Waals surface area contributed by atoms with E-state index >= 15 is 0 Å². The number of benzene rings is 2. The van der Waals surface area contributed by atoms with Crippen molar-refractivity contribution in [3.05, 3.63) is 67.9 Å². The summed E-state index contributed by atoms with van der Waals surface area (Å²) in [6.45, 7) is 2.10. The number of rotatable bonds is 4. The molecule has 0 unspecified atom stereocenters. The van der Waals surface area contributed by atoms with Crippen molar-refractivity contribution >= 4 is 27.3 Å². The van der Waals surface area contributed by atoms with Crippen LogP contribution in [-0.4, -0.2) is 4.92 Å². The van der Waals surface area contributed by atoms with Crippen LogP contribution >= 0.6 is 15.9 Å². The molecule has 6 heteroatoms. The van der Waals surface area contributed by atoms with Gasteiger partial charge in [0.05, 0.1) is 9.40 Å². The molecule has 0 saturated heterocycles. The molecule has 2 rings (SSSR count). The van der Waals surface area contributed by atoms with Crippen molar-refractivity contribution in [3.63, 3.8) is 0 Å². The molecular formula is C14H12BrFN2O2. The van der Waals surface area contributed by atoms with Crippen LogP contribution < -0.4 is 5.32 Å². The number of anilines is 1. The molecule has 0 spiro atoms. The van der Waals surface area contributed by atoms with E-state index in [0.717, 1.165) is 5.56 Å². The van der Waals surface area contributed by atoms with E-state index < -0.39 is 4.92 Å². The van der Waals surface area contributed by atoms with Crippen LogP contribution in [0.2, 0.25) is 0 Å². The molecule has 2 aromatic carbocycles. The Balaban J connectivity index is 2.12. The van der Waals surface area contributed by atoms with E-state index in [2.05, 4.69) is 21.2 Å². The lowest BCUT2D eigenvalue weighted by Crippen LogP contribution is -2.01. The topological polar surface area (TPSA) is 55.2 Å². The number of nitro benzene ring substituents is 1. The van der Waals surface area contributed by atoms with Crippen LogP contribution in [0, 0.1) is 22.9 Å². The lowest BCUT2D eigenvalue weighted by molar-refractivity contribution is -0.385. The third-order valence-electron chi connectivity index (χ3n) is 2.88. The maximum Gasteiger partial charge on any atom is 0.285 e. The molecule has 0 fully saturated rings. The highest BCUT2D eigenvalue weighted by molar-refractivity contribution is 9.10. The van der Waals surface area contributed by atoms with Gasteiger partial charge in [-0.25, -0.2) is 4.39 Å². The molecule has 0 radical (unpaired) electrons. The summed E-state index contributed by atoms with van der Waals surface area (Å²) in [5.74, 6) is -0.258. The second-order valence-corrected chi connectivity index (χ2v) is 5.21. The fourth-order valence-corrected chi connectivity index (χ4v) is 2.10. The van der Waals surface area contributed by atoms with Crippen LogP contribution in [0.4, 0.5) is 15.8 Å². The van der Waals surface area contributed by atoms with Gasteiger partial charge >= 0.3 is 0 Å². The first-order chi connectivity index (χ1) is 9.47. The molecule has 0 bridgehead atoms. The molecule has 104 valence electrons. The summed E-state index contributed by atoms with van der Waals surface area (Å²) in [7, 11) is 0. The van der Waals surface area contributed by atoms with Crippen LogP contribution in [0.5, 0.6) is 0 Å². The maximum atomic E-state index is 13.4. The summed E-state index contributed by atoms with van der Waals surface area (Å²) in [5, 5.41) is 13.9.